The van der Waals surface area contributed by atoms with Gasteiger partial charge in [-0.3, -0.25) is 0 Å². The molecule has 0 amide bonds. The van der Waals surface area contributed by atoms with Crippen LogP contribution in [0.25, 0.3) is 5.57 Å². The molecule has 0 N–H and O–H groups in total. The van der Waals surface area contributed by atoms with E-state index in [1.165, 1.54) is 17.2 Å². The quantitative estimate of drug-likeness (QED) is 0.624. The monoisotopic (exact) mass is 312 g/mol. The summed E-state index contributed by atoms with van der Waals surface area (Å²) in [6.45, 7) is 2.19. The maximum Gasteiger partial charge on any atom is 0.166 e. The molecule has 0 saturated carbocycles. The van der Waals surface area contributed by atoms with Crippen LogP contribution < -0.4 is 0 Å². The molecule has 1 aliphatic carbocycles. The third kappa shape index (κ3) is 3.52. The van der Waals surface area contributed by atoms with Gasteiger partial charge in [-0.15, -0.1) is 0 Å². The van der Waals surface area contributed by atoms with Crippen LogP contribution in [0.2, 0.25) is 0 Å². The van der Waals surface area contributed by atoms with E-state index in [0.29, 0.717) is 11.5 Å². The molecular weight excluding hydrogens is 290 g/mol. The minimum absolute atomic E-state index is 0.418. The first-order chi connectivity index (χ1) is 11.2. The number of benzene rings is 2. The molecule has 0 heterocycles. The lowest BCUT2D eigenvalue weighted by Crippen LogP contribution is -2.05. The summed E-state index contributed by atoms with van der Waals surface area (Å²) in [4.78, 5) is 0. The van der Waals surface area contributed by atoms with Crippen LogP contribution >= 0.6 is 0 Å². The maximum atomic E-state index is 13.9. The lowest BCUT2D eigenvalue weighted by Gasteiger charge is -2.23. The summed E-state index contributed by atoms with van der Waals surface area (Å²) in [5.74, 6) is -1.01. The van der Waals surface area contributed by atoms with E-state index in [2.05, 4.69) is 37.3 Å². The van der Waals surface area contributed by atoms with Crippen LogP contribution in [0.1, 0.15) is 55.2 Å². The van der Waals surface area contributed by atoms with Gasteiger partial charge in [0, 0.05) is 5.56 Å². The van der Waals surface area contributed by atoms with Crippen molar-refractivity contribution in [1.29, 1.82) is 0 Å². The zero-order valence-electron chi connectivity index (χ0n) is 13.5. The lowest BCUT2D eigenvalue weighted by molar-refractivity contribution is 0.505. The lowest BCUT2D eigenvalue weighted by atomic mass is 9.82. The molecule has 3 rings (SSSR count). The van der Waals surface area contributed by atoms with Crippen LogP contribution in [-0.2, 0) is 6.42 Å². The van der Waals surface area contributed by atoms with Crippen LogP contribution in [0.15, 0.2) is 48.5 Å². The molecule has 1 atom stereocenters. The van der Waals surface area contributed by atoms with Crippen LogP contribution in [0.3, 0.4) is 0 Å². The third-order valence-corrected chi connectivity index (χ3v) is 4.70. The average Bonchev–Trinajstić information content (AvgIpc) is 2.59. The van der Waals surface area contributed by atoms with Crippen molar-refractivity contribution in [2.75, 3.05) is 0 Å². The van der Waals surface area contributed by atoms with Gasteiger partial charge in [0.05, 0.1) is 0 Å². The first-order valence-corrected chi connectivity index (χ1v) is 8.41. The predicted octanol–water partition coefficient (Wildman–Crippen LogP) is 6.27. The molecule has 0 saturated heterocycles. The van der Waals surface area contributed by atoms with Gasteiger partial charge in [0.15, 0.2) is 11.6 Å². The number of rotatable bonds is 4. The van der Waals surface area contributed by atoms with Gasteiger partial charge < -0.3 is 0 Å². The van der Waals surface area contributed by atoms with Gasteiger partial charge in [-0.2, -0.15) is 0 Å². The van der Waals surface area contributed by atoms with E-state index in [-0.39, 0.29) is 0 Å². The first-order valence-electron chi connectivity index (χ1n) is 8.41. The topological polar surface area (TPSA) is 0 Å². The predicted molar refractivity (Wildman–Crippen MR) is 91.4 cm³/mol. The highest BCUT2D eigenvalue weighted by atomic mass is 19.2. The highest BCUT2D eigenvalue weighted by molar-refractivity contribution is 5.67. The number of allylic oxidation sites excluding steroid dienone is 2. The molecule has 0 aromatic heterocycles. The summed E-state index contributed by atoms with van der Waals surface area (Å²) in [6.07, 6.45) is 7.02. The van der Waals surface area contributed by atoms with Crippen molar-refractivity contribution >= 4 is 5.57 Å². The second kappa shape index (κ2) is 7.08. The highest BCUT2D eigenvalue weighted by Gasteiger charge is 2.19. The molecule has 0 nitrogen and oxygen atoms in total. The fourth-order valence-corrected chi connectivity index (χ4v) is 3.38. The molecule has 1 unspecified atom stereocenters. The molecule has 0 fully saturated rings. The van der Waals surface area contributed by atoms with Crippen molar-refractivity contribution in [2.45, 2.75) is 44.9 Å². The summed E-state index contributed by atoms with van der Waals surface area (Å²) < 4.78 is 27.3. The minimum atomic E-state index is -0.767. The average molecular weight is 312 g/mol. The Balaban J connectivity index is 1.74. The molecule has 2 aromatic carbocycles. The van der Waals surface area contributed by atoms with Crippen molar-refractivity contribution in [3.05, 3.63) is 76.9 Å². The molecule has 2 aromatic rings. The zero-order valence-corrected chi connectivity index (χ0v) is 13.5. The van der Waals surface area contributed by atoms with Gasteiger partial charge in [0.25, 0.3) is 0 Å². The highest BCUT2D eigenvalue weighted by Crippen LogP contribution is 2.37. The molecule has 0 radical (unpaired) electrons. The molecule has 1 aliphatic rings. The van der Waals surface area contributed by atoms with Crippen molar-refractivity contribution in [3.8, 4) is 0 Å². The van der Waals surface area contributed by atoms with Crippen molar-refractivity contribution in [1.82, 2.24) is 0 Å². The van der Waals surface area contributed by atoms with E-state index in [0.717, 1.165) is 37.7 Å². The van der Waals surface area contributed by atoms with Gasteiger partial charge in [0.1, 0.15) is 0 Å². The van der Waals surface area contributed by atoms with E-state index >= 15 is 0 Å². The van der Waals surface area contributed by atoms with Gasteiger partial charge >= 0.3 is 0 Å². The van der Waals surface area contributed by atoms with Crippen LogP contribution in [0.5, 0.6) is 0 Å². The standard InChI is InChI=1S/C21H22F2/c1-2-4-15-7-9-16(10-8-15)17-11-13-18(14-12-17)19-5-3-6-20(22)21(19)23/h3,5-10,13,17H,2,4,11-12,14H2,1H3. The van der Waals surface area contributed by atoms with Crippen molar-refractivity contribution < 1.29 is 8.78 Å². The summed E-state index contributed by atoms with van der Waals surface area (Å²) in [5.41, 5.74) is 4.08. The molecule has 0 bridgehead atoms. The molecule has 0 aliphatic heterocycles. The number of hydrogen-bond acceptors (Lipinski definition) is 0. The Morgan fingerprint density at radius 1 is 1.04 bits per heavy atom. The summed E-state index contributed by atoms with van der Waals surface area (Å²) in [7, 11) is 0. The normalized spacial score (nSPS) is 17.9. The van der Waals surface area contributed by atoms with Crippen LogP contribution in [0, 0.1) is 11.6 Å². The van der Waals surface area contributed by atoms with Gasteiger partial charge in [-0.25, -0.2) is 8.78 Å². The SMILES string of the molecule is CCCc1ccc(C2CC=C(c3cccc(F)c3F)CC2)cc1. The van der Waals surface area contributed by atoms with Crippen molar-refractivity contribution in [2.24, 2.45) is 0 Å². The minimum Gasteiger partial charge on any atom is -0.204 e. The number of hydrogen-bond donors (Lipinski definition) is 0. The Morgan fingerprint density at radius 3 is 2.48 bits per heavy atom. The number of aryl methyl sites for hydroxylation is 1. The Morgan fingerprint density at radius 2 is 1.83 bits per heavy atom. The molecular formula is C21H22F2. The Hall–Kier alpha value is -1.96. The summed E-state index contributed by atoms with van der Waals surface area (Å²) >= 11 is 0. The summed E-state index contributed by atoms with van der Waals surface area (Å²) in [6, 6.07) is 13.3. The zero-order chi connectivity index (χ0) is 16.2. The second-order valence-electron chi connectivity index (χ2n) is 6.29. The van der Waals surface area contributed by atoms with Crippen LogP contribution in [0.4, 0.5) is 8.78 Å². The van der Waals surface area contributed by atoms with Gasteiger partial charge in [-0.05, 0) is 54.4 Å². The molecule has 23 heavy (non-hydrogen) atoms. The van der Waals surface area contributed by atoms with E-state index in [9.17, 15) is 8.78 Å². The maximum absolute atomic E-state index is 13.9. The van der Waals surface area contributed by atoms with Crippen molar-refractivity contribution in [3.63, 3.8) is 0 Å². The third-order valence-electron chi connectivity index (χ3n) is 4.70. The largest absolute Gasteiger partial charge is 0.204 e. The first kappa shape index (κ1) is 15.9. The van der Waals surface area contributed by atoms with E-state index < -0.39 is 11.6 Å². The molecule has 120 valence electrons. The fraction of sp³-hybridized carbons (Fsp3) is 0.333. The molecule has 0 spiro atoms. The smallest absolute Gasteiger partial charge is 0.166 e. The van der Waals surface area contributed by atoms with Gasteiger partial charge in [-0.1, -0.05) is 55.8 Å². The van der Waals surface area contributed by atoms with E-state index in [1.807, 2.05) is 0 Å². The van der Waals surface area contributed by atoms with Gasteiger partial charge in [0.2, 0.25) is 0 Å². The molecule has 2 heteroatoms. The number of halogens is 2. The second-order valence-corrected chi connectivity index (χ2v) is 6.29. The Bertz CT molecular complexity index is 698. The van der Waals surface area contributed by atoms with E-state index in [4.69, 9.17) is 0 Å². The fourth-order valence-electron chi connectivity index (χ4n) is 3.38. The van der Waals surface area contributed by atoms with E-state index in [1.54, 1.807) is 12.1 Å². The Kier molecular flexibility index (Phi) is 4.90. The van der Waals surface area contributed by atoms with Crippen LogP contribution in [-0.4, -0.2) is 0 Å². The summed E-state index contributed by atoms with van der Waals surface area (Å²) in [5, 5.41) is 0. The Labute approximate surface area is 136 Å².